The van der Waals surface area contributed by atoms with Gasteiger partial charge in [-0.05, 0) is 50.6 Å². The average Bonchev–Trinajstić information content (AvgIpc) is 3.14. The number of hydrogen-bond acceptors (Lipinski definition) is 4. The third-order valence-corrected chi connectivity index (χ3v) is 5.54. The Morgan fingerprint density at radius 1 is 1.11 bits per heavy atom. The number of amides is 2. The number of nitrogens with one attached hydrogen (secondary N) is 2. The molecule has 3 aromatic rings. The second-order valence-corrected chi connectivity index (χ2v) is 7.64. The predicted molar refractivity (Wildman–Crippen MR) is 108 cm³/mol. The molecule has 7 heteroatoms. The van der Waals surface area contributed by atoms with E-state index in [1.807, 2.05) is 26.8 Å². The molecule has 140 valence electrons. The summed E-state index contributed by atoms with van der Waals surface area (Å²) >= 11 is 7.29. The van der Waals surface area contributed by atoms with Gasteiger partial charge >= 0.3 is 0 Å². The molecule has 0 aliphatic heterocycles. The van der Waals surface area contributed by atoms with Crippen LogP contribution in [0.5, 0.6) is 0 Å². The van der Waals surface area contributed by atoms with Gasteiger partial charge in [-0.3, -0.25) is 9.59 Å². The molecule has 2 amide bonds. The van der Waals surface area contributed by atoms with Crippen molar-refractivity contribution in [2.24, 2.45) is 0 Å². The molecule has 0 saturated carbocycles. The molecule has 2 N–H and O–H groups in total. The first-order valence-corrected chi connectivity index (χ1v) is 9.55. The van der Waals surface area contributed by atoms with E-state index in [9.17, 15) is 9.59 Å². The lowest BCUT2D eigenvalue weighted by Crippen LogP contribution is -2.22. The second kappa shape index (κ2) is 7.98. The highest BCUT2D eigenvalue weighted by Gasteiger charge is 2.17. The molecule has 0 saturated heterocycles. The second-order valence-electron chi connectivity index (χ2n) is 6.18. The highest BCUT2D eigenvalue weighted by molar-refractivity contribution is 7.18. The Labute approximate surface area is 166 Å². The van der Waals surface area contributed by atoms with Crippen LogP contribution in [-0.4, -0.2) is 11.8 Å². The standard InChI is InChI=1S/C20H19ClN2O3S/c1-11-8-17(23-19(24)15-6-4-5-7-16(15)21)27-18(11)20(25)22-10-14-9-12(2)26-13(14)3/h4-9H,10H2,1-3H3,(H,22,25)(H,23,24). The molecule has 27 heavy (non-hydrogen) atoms. The minimum atomic E-state index is -0.307. The molecule has 0 atom stereocenters. The van der Waals surface area contributed by atoms with Gasteiger partial charge < -0.3 is 15.1 Å². The van der Waals surface area contributed by atoms with Crippen molar-refractivity contribution in [3.05, 3.63) is 74.5 Å². The Hall–Kier alpha value is -2.57. The van der Waals surface area contributed by atoms with Crippen molar-refractivity contribution in [2.45, 2.75) is 27.3 Å². The van der Waals surface area contributed by atoms with Crippen molar-refractivity contribution in [3.8, 4) is 0 Å². The zero-order valence-corrected chi connectivity index (χ0v) is 16.8. The lowest BCUT2D eigenvalue weighted by atomic mass is 10.2. The maximum absolute atomic E-state index is 12.5. The Morgan fingerprint density at radius 3 is 2.52 bits per heavy atom. The monoisotopic (exact) mass is 402 g/mol. The van der Waals surface area contributed by atoms with E-state index in [1.165, 1.54) is 11.3 Å². The fourth-order valence-corrected chi connectivity index (χ4v) is 3.91. The summed E-state index contributed by atoms with van der Waals surface area (Å²) in [5.41, 5.74) is 2.14. The maximum Gasteiger partial charge on any atom is 0.261 e. The van der Waals surface area contributed by atoms with Gasteiger partial charge in [-0.1, -0.05) is 23.7 Å². The van der Waals surface area contributed by atoms with Crippen molar-refractivity contribution < 1.29 is 14.0 Å². The minimum Gasteiger partial charge on any atom is -0.466 e. The molecule has 0 bridgehead atoms. The predicted octanol–water partition coefficient (Wildman–Crippen LogP) is 5.10. The van der Waals surface area contributed by atoms with Gasteiger partial charge in [0.15, 0.2) is 0 Å². The van der Waals surface area contributed by atoms with Crippen LogP contribution in [0.25, 0.3) is 0 Å². The van der Waals surface area contributed by atoms with Crippen LogP contribution in [0.15, 0.2) is 40.8 Å². The Balaban J connectivity index is 1.68. The first-order valence-electron chi connectivity index (χ1n) is 8.35. The number of carbonyl (C=O) groups is 2. The number of furan rings is 1. The van der Waals surface area contributed by atoms with Crippen LogP contribution in [0, 0.1) is 20.8 Å². The van der Waals surface area contributed by atoms with Gasteiger partial charge in [0, 0.05) is 12.1 Å². The van der Waals surface area contributed by atoms with E-state index in [-0.39, 0.29) is 11.8 Å². The van der Waals surface area contributed by atoms with Crippen LogP contribution < -0.4 is 10.6 Å². The van der Waals surface area contributed by atoms with Crippen molar-refractivity contribution in [1.29, 1.82) is 0 Å². The minimum absolute atomic E-state index is 0.186. The van der Waals surface area contributed by atoms with Crippen molar-refractivity contribution in [3.63, 3.8) is 0 Å². The zero-order chi connectivity index (χ0) is 19.6. The number of thiophene rings is 1. The van der Waals surface area contributed by atoms with Gasteiger partial charge in [0.05, 0.1) is 20.5 Å². The first-order chi connectivity index (χ1) is 12.8. The zero-order valence-electron chi connectivity index (χ0n) is 15.2. The molecule has 2 heterocycles. The van der Waals surface area contributed by atoms with Gasteiger partial charge in [-0.2, -0.15) is 0 Å². The van der Waals surface area contributed by atoms with E-state index in [2.05, 4.69) is 10.6 Å². The normalized spacial score (nSPS) is 10.7. The molecular weight excluding hydrogens is 384 g/mol. The average molecular weight is 403 g/mol. The summed E-state index contributed by atoms with van der Waals surface area (Å²) in [7, 11) is 0. The smallest absolute Gasteiger partial charge is 0.261 e. The molecule has 0 spiro atoms. The van der Waals surface area contributed by atoms with Crippen molar-refractivity contribution >= 4 is 39.8 Å². The van der Waals surface area contributed by atoms with E-state index < -0.39 is 0 Å². The molecule has 0 aliphatic carbocycles. The number of rotatable bonds is 5. The van der Waals surface area contributed by atoms with Crippen LogP contribution in [-0.2, 0) is 6.54 Å². The third-order valence-electron chi connectivity index (χ3n) is 4.06. The topological polar surface area (TPSA) is 71.3 Å². The lowest BCUT2D eigenvalue weighted by Gasteiger charge is -2.04. The van der Waals surface area contributed by atoms with Crippen LogP contribution in [0.2, 0.25) is 5.02 Å². The van der Waals surface area contributed by atoms with Crippen LogP contribution >= 0.6 is 22.9 Å². The van der Waals surface area contributed by atoms with Gasteiger partial charge in [-0.25, -0.2) is 0 Å². The Morgan fingerprint density at radius 2 is 1.85 bits per heavy atom. The Kier molecular flexibility index (Phi) is 5.68. The van der Waals surface area contributed by atoms with E-state index in [0.29, 0.717) is 27.0 Å². The maximum atomic E-state index is 12.5. The molecule has 3 rings (SSSR count). The Bertz CT molecular complexity index is 1010. The fourth-order valence-electron chi connectivity index (χ4n) is 2.71. The quantitative estimate of drug-likeness (QED) is 0.623. The van der Waals surface area contributed by atoms with Crippen LogP contribution in [0.3, 0.4) is 0 Å². The molecule has 1 aromatic carbocycles. The van der Waals surface area contributed by atoms with E-state index in [0.717, 1.165) is 22.6 Å². The van der Waals surface area contributed by atoms with E-state index >= 15 is 0 Å². The largest absolute Gasteiger partial charge is 0.466 e. The molecule has 0 unspecified atom stereocenters. The van der Waals surface area contributed by atoms with Crippen molar-refractivity contribution in [1.82, 2.24) is 5.32 Å². The number of anilines is 1. The molecule has 0 radical (unpaired) electrons. The fraction of sp³-hybridized carbons (Fsp3) is 0.200. The summed E-state index contributed by atoms with van der Waals surface area (Å²) in [4.78, 5) is 25.4. The number of halogens is 1. The summed E-state index contributed by atoms with van der Waals surface area (Å²) in [5.74, 6) is 1.12. The molecule has 5 nitrogen and oxygen atoms in total. The highest BCUT2D eigenvalue weighted by atomic mass is 35.5. The molecule has 0 aliphatic rings. The van der Waals surface area contributed by atoms with Gasteiger partial charge in [0.25, 0.3) is 11.8 Å². The van der Waals surface area contributed by atoms with E-state index in [4.69, 9.17) is 16.0 Å². The number of carbonyl (C=O) groups excluding carboxylic acids is 2. The summed E-state index contributed by atoms with van der Waals surface area (Å²) < 4.78 is 5.47. The van der Waals surface area contributed by atoms with Gasteiger partial charge in [0.1, 0.15) is 11.5 Å². The SMILES string of the molecule is Cc1cc(CNC(=O)c2sc(NC(=O)c3ccccc3Cl)cc2C)c(C)o1. The van der Waals surface area contributed by atoms with Crippen molar-refractivity contribution in [2.75, 3.05) is 5.32 Å². The highest BCUT2D eigenvalue weighted by Crippen LogP contribution is 2.28. The number of benzene rings is 1. The lowest BCUT2D eigenvalue weighted by molar-refractivity contribution is 0.0953. The summed E-state index contributed by atoms with van der Waals surface area (Å²) in [5, 5.41) is 6.67. The number of hydrogen-bond donors (Lipinski definition) is 2. The molecule has 0 fully saturated rings. The van der Waals surface area contributed by atoms with Gasteiger partial charge in [-0.15, -0.1) is 11.3 Å². The third kappa shape index (κ3) is 4.40. The van der Waals surface area contributed by atoms with Crippen LogP contribution in [0.1, 0.15) is 42.7 Å². The molecule has 2 aromatic heterocycles. The summed E-state index contributed by atoms with van der Waals surface area (Å²) in [6, 6.07) is 10.5. The summed E-state index contributed by atoms with van der Waals surface area (Å²) in [6.07, 6.45) is 0. The van der Waals surface area contributed by atoms with Gasteiger partial charge in [0.2, 0.25) is 0 Å². The number of aryl methyl sites for hydroxylation is 3. The first kappa shape index (κ1) is 19.2. The van der Waals surface area contributed by atoms with E-state index in [1.54, 1.807) is 30.3 Å². The van der Waals surface area contributed by atoms with Crippen LogP contribution in [0.4, 0.5) is 5.00 Å². The molecular formula is C20H19ClN2O3S. The summed E-state index contributed by atoms with van der Waals surface area (Å²) in [6.45, 7) is 5.97.